The molecule has 0 aliphatic rings. The van der Waals surface area contributed by atoms with E-state index in [1.54, 1.807) is 19.1 Å². The number of amides is 1. The topological polar surface area (TPSA) is 68.0 Å². The van der Waals surface area contributed by atoms with Crippen LogP contribution in [0.2, 0.25) is 0 Å². The highest BCUT2D eigenvalue weighted by Gasteiger charge is 2.10. The number of rotatable bonds is 6. The van der Waals surface area contributed by atoms with Crippen LogP contribution in [0, 0.1) is 12.7 Å². The highest BCUT2D eigenvalue weighted by molar-refractivity contribution is 5.76. The predicted molar refractivity (Wildman–Crippen MR) is 91.0 cm³/mol. The van der Waals surface area contributed by atoms with Crippen molar-refractivity contribution in [1.82, 2.24) is 15.5 Å². The van der Waals surface area contributed by atoms with Gasteiger partial charge in [-0.25, -0.2) is 4.39 Å². The van der Waals surface area contributed by atoms with E-state index in [1.165, 1.54) is 6.07 Å². The average molecular weight is 339 g/mol. The van der Waals surface area contributed by atoms with Gasteiger partial charge in [-0.15, -0.1) is 10.2 Å². The van der Waals surface area contributed by atoms with Gasteiger partial charge in [0.1, 0.15) is 5.82 Å². The summed E-state index contributed by atoms with van der Waals surface area (Å²) in [4.78, 5) is 11.9. The SMILES string of the molecule is Cc1cc(CNC(=O)CCc2nnc(-c3ccccc3)o2)ccc1F. The van der Waals surface area contributed by atoms with Crippen LogP contribution in [-0.4, -0.2) is 16.1 Å². The number of hydrogen-bond donors (Lipinski definition) is 1. The van der Waals surface area contributed by atoms with Crippen LogP contribution in [0.4, 0.5) is 4.39 Å². The second-order valence-electron chi connectivity index (χ2n) is 5.73. The Bertz CT molecular complexity index is 862. The van der Waals surface area contributed by atoms with Gasteiger partial charge in [-0.05, 0) is 36.2 Å². The van der Waals surface area contributed by atoms with Gasteiger partial charge in [0.05, 0.1) is 0 Å². The van der Waals surface area contributed by atoms with Gasteiger partial charge in [0, 0.05) is 24.9 Å². The lowest BCUT2D eigenvalue weighted by Gasteiger charge is -2.06. The van der Waals surface area contributed by atoms with Gasteiger partial charge in [0.25, 0.3) is 0 Å². The van der Waals surface area contributed by atoms with E-state index in [0.29, 0.717) is 30.3 Å². The molecule has 3 aromatic rings. The molecule has 0 aliphatic carbocycles. The molecule has 25 heavy (non-hydrogen) atoms. The molecule has 1 aromatic heterocycles. The predicted octanol–water partition coefficient (Wildman–Crippen LogP) is 3.43. The van der Waals surface area contributed by atoms with Gasteiger partial charge >= 0.3 is 0 Å². The summed E-state index contributed by atoms with van der Waals surface area (Å²) in [5, 5.41) is 10.8. The lowest BCUT2D eigenvalue weighted by molar-refractivity contribution is -0.121. The van der Waals surface area contributed by atoms with E-state index >= 15 is 0 Å². The quantitative estimate of drug-likeness (QED) is 0.747. The van der Waals surface area contributed by atoms with Crippen LogP contribution in [-0.2, 0) is 17.8 Å². The fourth-order valence-electron chi connectivity index (χ4n) is 2.38. The normalized spacial score (nSPS) is 10.6. The van der Waals surface area contributed by atoms with E-state index in [-0.39, 0.29) is 18.1 Å². The Kier molecular flexibility index (Phi) is 5.18. The zero-order valence-electron chi connectivity index (χ0n) is 13.8. The Morgan fingerprint density at radius 2 is 1.96 bits per heavy atom. The molecule has 3 rings (SSSR count). The summed E-state index contributed by atoms with van der Waals surface area (Å²) in [5.74, 6) is 0.492. The van der Waals surface area contributed by atoms with Crippen molar-refractivity contribution in [3.63, 3.8) is 0 Å². The number of carbonyl (C=O) groups is 1. The Morgan fingerprint density at radius 3 is 2.72 bits per heavy atom. The standard InChI is InChI=1S/C19H18FN3O2/c1-13-11-14(7-8-16(13)20)12-21-17(24)9-10-18-22-23-19(25-18)15-5-3-2-4-6-15/h2-8,11H,9-10,12H2,1H3,(H,21,24). The fourth-order valence-corrected chi connectivity index (χ4v) is 2.38. The van der Waals surface area contributed by atoms with E-state index in [2.05, 4.69) is 15.5 Å². The molecular weight excluding hydrogens is 321 g/mol. The van der Waals surface area contributed by atoms with Crippen molar-refractivity contribution >= 4 is 5.91 Å². The second-order valence-corrected chi connectivity index (χ2v) is 5.73. The smallest absolute Gasteiger partial charge is 0.247 e. The summed E-state index contributed by atoms with van der Waals surface area (Å²) in [6, 6.07) is 14.2. The molecule has 0 atom stereocenters. The Hall–Kier alpha value is -3.02. The summed E-state index contributed by atoms with van der Waals surface area (Å²) in [6.07, 6.45) is 0.616. The van der Waals surface area contributed by atoms with E-state index in [1.807, 2.05) is 30.3 Å². The van der Waals surface area contributed by atoms with Crippen LogP contribution >= 0.6 is 0 Å². The molecule has 0 aliphatic heterocycles. The summed E-state index contributed by atoms with van der Waals surface area (Å²) >= 11 is 0. The van der Waals surface area contributed by atoms with Gasteiger partial charge in [0.2, 0.25) is 17.7 Å². The van der Waals surface area contributed by atoms with Gasteiger partial charge in [0.15, 0.2) is 0 Å². The highest BCUT2D eigenvalue weighted by Crippen LogP contribution is 2.17. The molecule has 1 heterocycles. The zero-order chi connectivity index (χ0) is 17.6. The van der Waals surface area contributed by atoms with Crippen molar-refractivity contribution in [1.29, 1.82) is 0 Å². The maximum absolute atomic E-state index is 13.2. The third-order valence-electron chi connectivity index (χ3n) is 3.77. The van der Waals surface area contributed by atoms with Crippen LogP contribution in [0.5, 0.6) is 0 Å². The maximum Gasteiger partial charge on any atom is 0.247 e. The van der Waals surface area contributed by atoms with Crippen molar-refractivity contribution < 1.29 is 13.6 Å². The summed E-state index contributed by atoms with van der Waals surface area (Å²) in [7, 11) is 0. The first kappa shape index (κ1) is 16.8. The van der Waals surface area contributed by atoms with Crippen LogP contribution in [0.1, 0.15) is 23.4 Å². The lowest BCUT2D eigenvalue weighted by Crippen LogP contribution is -2.23. The first-order valence-electron chi connectivity index (χ1n) is 8.01. The van der Waals surface area contributed by atoms with E-state index in [9.17, 15) is 9.18 Å². The molecule has 0 fully saturated rings. The van der Waals surface area contributed by atoms with Gasteiger partial charge in [-0.2, -0.15) is 0 Å². The number of halogens is 1. The number of aryl methyl sites for hydroxylation is 2. The van der Waals surface area contributed by atoms with Crippen molar-refractivity contribution in [2.45, 2.75) is 26.3 Å². The summed E-state index contributed by atoms with van der Waals surface area (Å²) in [5.41, 5.74) is 2.26. The number of nitrogens with zero attached hydrogens (tertiary/aromatic N) is 2. The molecule has 6 heteroatoms. The molecule has 1 N–H and O–H groups in total. The molecule has 0 saturated heterocycles. The maximum atomic E-state index is 13.2. The number of benzene rings is 2. The van der Waals surface area contributed by atoms with Crippen molar-refractivity contribution in [2.24, 2.45) is 0 Å². The van der Waals surface area contributed by atoms with E-state index in [4.69, 9.17) is 4.42 Å². The van der Waals surface area contributed by atoms with Crippen LogP contribution in [0.25, 0.3) is 11.5 Å². The third-order valence-corrected chi connectivity index (χ3v) is 3.77. The number of nitrogens with one attached hydrogen (secondary N) is 1. The van der Waals surface area contributed by atoms with E-state index in [0.717, 1.165) is 11.1 Å². The molecule has 5 nitrogen and oxygen atoms in total. The molecule has 0 saturated carbocycles. The Labute approximate surface area is 144 Å². The zero-order valence-corrected chi connectivity index (χ0v) is 13.8. The number of carbonyl (C=O) groups excluding carboxylic acids is 1. The molecular formula is C19H18FN3O2. The van der Waals surface area contributed by atoms with Crippen molar-refractivity contribution in [3.8, 4) is 11.5 Å². The first-order valence-corrected chi connectivity index (χ1v) is 8.01. The highest BCUT2D eigenvalue weighted by atomic mass is 19.1. The minimum Gasteiger partial charge on any atom is -0.421 e. The summed E-state index contributed by atoms with van der Waals surface area (Å²) in [6.45, 7) is 2.06. The second kappa shape index (κ2) is 7.70. The van der Waals surface area contributed by atoms with Crippen molar-refractivity contribution in [2.75, 3.05) is 0 Å². The Morgan fingerprint density at radius 1 is 1.16 bits per heavy atom. The molecule has 1 amide bonds. The van der Waals surface area contributed by atoms with Gasteiger partial charge in [-0.1, -0.05) is 30.3 Å². The number of aromatic nitrogens is 2. The third kappa shape index (κ3) is 4.50. The largest absolute Gasteiger partial charge is 0.421 e. The molecule has 0 bridgehead atoms. The number of hydrogen-bond acceptors (Lipinski definition) is 4. The lowest BCUT2D eigenvalue weighted by atomic mass is 10.1. The molecule has 2 aromatic carbocycles. The van der Waals surface area contributed by atoms with E-state index < -0.39 is 0 Å². The average Bonchev–Trinajstić information content (AvgIpc) is 3.11. The van der Waals surface area contributed by atoms with Crippen LogP contribution in [0.15, 0.2) is 52.9 Å². The molecule has 128 valence electrons. The molecule has 0 radical (unpaired) electrons. The Balaban J connectivity index is 1.49. The molecule has 0 spiro atoms. The van der Waals surface area contributed by atoms with Gasteiger partial charge < -0.3 is 9.73 Å². The van der Waals surface area contributed by atoms with Crippen LogP contribution in [0.3, 0.4) is 0 Å². The molecule has 0 unspecified atom stereocenters. The minimum absolute atomic E-state index is 0.124. The first-order chi connectivity index (χ1) is 12.1. The van der Waals surface area contributed by atoms with Crippen LogP contribution < -0.4 is 5.32 Å². The van der Waals surface area contributed by atoms with Crippen molar-refractivity contribution in [3.05, 3.63) is 71.4 Å². The summed E-state index contributed by atoms with van der Waals surface area (Å²) < 4.78 is 18.8. The monoisotopic (exact) mass is 339 g/mol. The van der Waals surface area contributed by atoms with Gasteiger partial charge in [-0.3, -0.25) is 4.79 Å². The fraction of sp³-hybridized carbons (Fsp3) is 0.211. The minimum atomic E-state index is -0.249.